The number of anilines is 1. The molecule has 0 fully saturated rings. The highest BCUT2D eigenvalue weighted by molar-refractivity contribution is 14.1. The fourth-order valence-electron chi connectivity index (χ4n) is 4.79. The third-order valence-electron chi connectivity index (χ3n) is 6.97. The molecule has 54 heavy (non-hydrogen) atoms. The standard InChI is InChI=1S/C37H54IN5O11/c1-36(2,3)53-34(47)41-13-17-51-21-19-49-15-11-26-28(31(39)44)23-29(43-33(46)24-7-9-25(38)10-8-24)27(30(26)32(40)45)12-16-50-20-22-52-18-14-42-35(48)54-37(4,5)6/h7-10,23H,11-22H2,1-6H3,(H2,39,44)(H2,40,45)(H,41,47)(H,42,48)(H,43,46). The predicted molar refractivity (Wildman–Crippen MR) is 210 cm³/mol. The Morgan fingerprint density at radius 1 is 0.630 bits per heavy atom. The Kier molecular flexibility index (Phi) is 19.6. The molecule has 17 heteroatoms. The smallest absolute Gasteiger partial charge is 0.407 e. The van der Waals surface area contributed by atoms with Gasteiger partial charge in [0.25, 0.3) is 5.91 Å². The van der Waals surface area contributed by atoms with E-state index in [2.05, 4.69) is 38.5 Å². The van der Waals surface area contributed by atoms with Gasteiger partial charge in [0.1, 0.15) is 11.2 Å². The molecule has 2 aromatic rings. The first kappa shape index (κ1) is 46.1. The Hall–Kier alpha value is -4.04. The average Bonchev–Trinajstić information content (AvgIpc) is 3.05. The number of benzene rings is 2. The van der Waals surface area contributed by atoms with Crippen molar-refractivity contribution < 1.29 is 52.4 Å². The molecule has 0 atom stereocenters. The number of halogens is 1. The first-order valence-corrected chi connectivity index (χ1v) is 18.6. The number of alkyl carbamates (subject to hydrolysis) is 2. The highest BCUT2D eigenvalue weighted by Crippen LogP contribution is 2.29. The molecule has 2 rings (SSSR count). The van der Waals surface area contributed by atoms with Gasteiger partial charge in [0.15, 0.2) is 0 Å². The topological polar surface area (TPSA) is 229 Å². The van der Waals surface area contributed by atoms with Crippen molar-refractivity contribution in [2.45, 2.75) is 65.6 Å². The van der Waals surface area contributed by atoms with Gasteiger partial charge in [0.05, 0.1) is 52.9 Å². The Labute approximate surface area is 330 Å². The number of primary amides is 2. The third-order valence-corrected chi connectivity index (χ3v) is 7.69. The molecule has 0 aromatic heterocycles. The quantitative estimate of drug-likeness (QED) is 0.0841. The monoisotopic (exact) mass is 871 g/mol. The number of carbonyl (C=O) groups is 5. The number of ether oxygens (including phenoxy) is 6. The number of amides is 5. The highest BCUT2D eigenvalue weighted by Gasteiger charge is 2.25. The van der Waals surface area contributed by atoms with Gasteiger partial charge in [-0.05, 0) is 118 Å². The van der Waals surface area contributed by atoms with E-state index in [-0.39, 0.29) is 101 Å². The number of nitrogens with one attached hydrogen (secondary N) is 3. The first-order valence-electron chi connectivity index (χ1n) is 17.5. The van der Waals surface area contributed by atoms with Crippen LogP contribution < -0.4 is 27.4 Å². The van der Waals surface area contributed by atoms with Gasteiger partial charge in [0, 0.05) is 39.0 Å². The Balaban J connectivity index is 2.09. The van der Waals surface area contributed by atoms with Crippen molar-refractivity contribution in [2.24, 2.45) is 11.5 Å². The van der Waals surface area contributed by atoms with E-state index in [1.54, 1.807) is 65.8 Å². The van der Waals surface area contributed by atoms with Gasteiger partial charge in [-0.15, -0.1) is 0 Å². The van der Waals surface area contributed by atoms with E-state index >= 15 is 0 Å². The van der Waals surface area contributed by atoms with Crippen molar-refractivity contribution in [3.63, 3.8) is 0 Å². The summed E-state index contributed by atoms with van der Waals surface area (Å²) in [5.41, 5.74) is 11.7. The zero-order valence-corrected chi connectivity index (χ0v) is 34.1. The van der Waals surface area contributed by atoms with Crippen LogP contribution in [0.1, 0.15) is 83.7 Å². The zero-order chi connectivity index (χ0) is 40.3. The van der Waals surface area contributed by atoms with E-state index in [1.165, 1.54) is 6.07 Å². The fourth-order valence-corrected chi connectivity index (χ4v) is 5.14. The predicted octanol–water partition coefficient (Wildman–Crippen LogP) is 3.94. The minimum Gasteiger partial charge on any atom is -0.444 e. The van der Waals surface area contributed by atoms with Gasteiger partial charge < -0.3 is 55.8 Å². The number of hydrogen-bond acceptors (Lipinski definition) is 11. The summed E-state index contributed by atoms with van der Waals surface area (Å²) < 4.78 is 33.8. The lowest BCUT2D eigenvalue weighted by atomic mass is 9.89. The minimum atomic E-state index is -0.825. The lowest BCUT2D eigenvalue weighted by Crippen LogP contribution is -2.34. The molecule has 300 valence electrons. The average molecular weight is 872 g/mol. The van der Waals surface area contributed by atoms with Crippen molar-refractivity contribution >= 4 is 58.2 Å². The van der Waals surface area contributed by atoms with E-state index in [9.17, 15) is 24.0 Å². The summed E-state index contributed by atoms with van der Waals surface area (Å²) in [5, 5.41) is 8.02. The van der Waals surface area contributed by atoms with Crippen molar-refractivity contribution in [3.8, 4) is 0 Å². The second-order valence-electron chi connectivity index (χ2n) is 13.8. The molecule has 0 aliphatic heterocycles. The molecule has 0 aliphatic carbocycles. The molecule has 0 saturated heterocycles. The van der Waals surface area contributed by atoms with E-state index in [0.29, 0.717) is 11.1 Å². The van der Waals surface area contributed by atoms with Crippen LogP contribution in [0.2, 0.25) is 0 Å². The van der Waals surface area contributed by atoms with Crippen LogP contribution in [0, 0.1) is 3.57 Å². The Bertz CT molecular complexity index is 1560. The van der Waals surface area contributed by atoms with Crippen LogP contribution in [-0.4, -0.2) is 107 Å². The van der Waals surface area contributed by atoms with E-state index < -0.39 is 41.1 Å². The molecule has 16 nitrogen and oxygen atoms in total. The number of carbonyl (C=O) groups excluding carboxylic acids is 5. The summed E-state index contributed by atoms with van der Waals surface area (Å²) in [4.78, 5) is 62.5. The van der Waals surface area contributed by atoms with Gasteiger partial charge in [-0.1, -0.05) is 0 Å². The summed E-state index contributed by atoms with van der Waals surface area (Å²) in [6, 6.07) is 8.29. The van der Waals surface area contributed by atoms with Crippen molar-refractivity contribution in [2.75, 3.05) is 71.3 Å². The normalized spacial score (nSPS) is 11.5. The van der Waals surface area contributed by atoms with E-state index in [1.807, 2.05) is 0 Å². The van der Waals surface area contributed by atoms with Crippen LogP contribution >= 0.6 is 22.6 Å². The summed E-state index contributed by atoms with van der Waals surface area (Å²) in [6.45, 7) is 12.6. The van der Waals surface area contributed by atoms with Gasteiger partial charge >= 0.3 is 12.2 Å². The summed E-state index contributed by atoms with van der Waals surface area (Å²) >= 11 is 2.13. The zero-order valence-electron chi connectivity index (χ0n) is 31.9. The van der Waals surface area contributed by atoms with Crippen LogP contribution in [-0.2, 0) is 41.3 Å². The Morgan fingerprint density at radius 3 is 1.50 bits per heavy atom. The van der Waals surface area contributed by atoms with Crippen molar-refractivity contribution in [1.29, 1.82) is 0 Å². The maximum Gasteiger partial charge on any atom is 0.407 e. The maximum absolute atomic E-state index is 13.3. The second-order valence-corrected chi connectivity index (χ2v) is 15.0. The van der Waals surface area contributed by atoms with Gasteiger partial charge in [0.2, 0.25) is 11.8 Å². The second kappa shape index (κ2) is 23.0. The maximum atomic E-state index is 13.3. The van der Waals surface area contributed by atoms with Crippen LogP contribution in [0.25, 0.3) is 0 Å². The molecule has 0 radical (unpaired) electrons. The molecule has 7 N–H and O–H groups in total. The molecule has 0 saturated carbocycles. The molecule has 0 heterocycles. The fraction of sp³-hybridized carbons (Fsp3) is 0.541. The molecule has 0 bridgehead atoms. The Morgan fingerprint density at radius 2 is 1.07 bits per heavy atom. The van der Waals surface area contributed by atoms with Gasteiger partial charge in [-0.2, -0.15) is 0 Å². The van der Waals surface area contributed by atoms with Gasteiger partial charge in [-0.3, -0.25) is 14.4 Å². The highest BCUT2D eigenvalue weighted by atomic mass is 127. The molecule has 5 amide bonds. The lowest BCUT2D eigenvalue weighted by Gasteiger charge is -2.21. The molecule has 0 spiro atoms. The summed E-state index contributed by atoms with van der Waals surface area (Å²) in [6.07, 6.45) is -0.846. The lowest BCUT2D eigenvalue weighted by molar-refractivity contribution is 0.0399. The van der Waals surface area contributed by atoms with Crippen LogP contribution in [0.3, 0.4) is 0 Å². The number of rotatable bonds is 22. The SMILES string of the molecule is CC(C)(C)OC(=O)NCCOCCOCCc1c(NC(=O)c2ccc(I)cc2)cc(C(N)=O)c(CCOCCOCCNC(=O)OC(C)(C)C)c1C(N)=O. The summed E-state index contributed by atoms with van der Waals surface area (Å²) in [7, 11) is 0. The van der Waals surface area contributed by atoms with Crippen LogP contribution in [0.5, 0.6) is 0 Å². The van der Waals surface area contributed by atoms with E-state index in [0.717, 1.165) is 3.57 Å². The van der Waals surface area contributed by atoms with Crippen LogP contribution in [0.15, 0.2) is 30.3 Å². The molecule has 0 aliphatic rings. The molecular formula is C37H54IN5O11. The van der Waals surface area contributed by atoms with Gasteiger partial charge in [-0.25, -0.2) is 9.59 Å². The summed E-state index contributed by atoms with van der Waals surface area (Å²) in [5.74, 6) is -2.11. The molecule has 2 aromatic carbocycles. The largest absolute Gasteiger partial charge is 0.444 e. The third kappa shape index (κ3) is 18.3. The van der Waals surface area contributed by atoms with Crippen LogP contribution in [0.4, 0.5) is 15.3 Å². The molecule has 0 unspecified atom stereocenters. The van der Waals surface area contributed by atoms with E-state index in [4.69, 9.17) is 39.9 Å². The first-order chi connectivity index (χ1) is 25.4. The number of hydrogen-bond donors (Lipinski definition) is 5. The molecular weight excluding hydrogens is 817 g/mol. The minimum absolute atomic E-state index is 0.00726. The number of nitrogens with two attached hydrogens (primary N) is 2. The van der Waals surface area contributed by atoms with Crippen molar-refractivity contribution in [1.82, 2.24) is 10.6 Å². The van der Waals surface area contributed by atoms with Crippen molar-refractivity contribution in [3.05, 3.63) is 61.7 Å².